The molecule has 0 aromatic heterocycles. The number of methoxy groups -OCH3 is 1. The molecule has 6 heteroatoms. The van der Waals surface area contributed by atoms with Crippen LogP contribution >= 0.6 is 11.8 Å². The lowest BCUT2D eigenvalue weighted by atomic mass is 10.2. The van der Waals surface area contributed by atoms with E-state index < -0.39 is 11.8 Å². The number of carbonyl (C=O) groups is 1. The Bertz CT molecular complexity index is 412. The van der Waals surface area contributed by atoms with Gasteiger partial charge in [0.05, 0.1) is 12.2 Å². The van der Waals surface area contributed by atoms with Crippen molar-refractivity contribution in [3.05, 3.63) is 29.6 Å². The van der Waals surface area contributed by atoms with Crippen LogP contribution in [0.4, 0.5) is 4.39 Å². The highest BCUT2D eigenvalue weighted by atomic mass is 32.2. The number of carboxylic acid groups (broad SMARTS) is 1. The van der Waals surface area contributed by atoms with Gasteiger partial charge in [-0.1, -0.05) is 0 Å². The number of hydrogen-bond acceptors (Lipinski definition) is 4. The summed E-state index contributed by atoms with van der Waals surface area (Å²) >= 11 is 1.25. The quantitative estimate of drug-likeness (QED) is 0.559. The van der Waals surface area contributed by atoms with Gasteiger partial charge < -0.3 is 14.6 Å². The van der Waals surface area contributed by atoms with Crippen LogP contribution < -0.4 is 0 Å². The van der Waals surface area contributed by atoms with Crippen LogP contribution in [0.3, 0.4) is 0 Å². The van der Waals surface area contributed by atoms with Gasteiger partial charge in [-0.05, 0) is 24.6 Å². The first kappa shape index (κ1) is 15.9. The molecule has 0 fully saturated rings. The second kappa shape index (κ2) is 8.90. The van der Waals surface area contributed by atoms with E-state index in [-0.39, 0.29) is 5.56 Å². The van der Waals surface area contributed by atoms with Crippen molar-refractivity contribution < 1.29 is 23.8 Å². The standard InChI is InChI=1S/C13H17FO4S/c1-17-5-2-6-18-7-8-19-12-9-10(13(15)16)3-4-11(12)14/h3-4,9H,2,5-8H2,1H3,(H,15,16). The van der Waals surface area contributed by atoms with Crippen LogP contribution in [0.15, 0.2) is 23.1 Å². The minimum absolute atomic E-state index is 0.0879. The average Bonchev–Trinajstić information content (AvgIpc) is 2.39. The van der Waals surface area contributed by atoms with E-state index in [2.05, 4.69) is 0 Å². The van der Waals surface area contributed by atoms with Gasteiger partial charge in [-0.3, -0.25) is 0 Å². The molecule has 0 aliphatic carbocycles. The molecule has 0 bridgehead atoms. The van der Waals surface area contributed by atoms with E-state index in [1.165, 1.54) is 30.0 Å². The lowest BCUT2D eigenvalue weighted by Crippen LogP contribution is -2.02. The summed E-state index contributed by atoms with van der Waals surface area (Å²) in [4.78, 5) is 11.1. The van der Waals surface area contributed by atoms with Gasteiger partial charge in [0.2, 0.25) is 0 Å². The lowest BCUT2D eigenvalue weighted by Gasteiger charge is -2.06. The number of benzene rings is 1. The van der Waals surface area contributed by atoms with Crippen molar-refractivity contribution in [2.24, 2.45) is 0 Å². The SMILES string of the molecule is COCCCOCCSc1cc(C(=O)O)ccc1F. The van der Waals surface area contributed by atoms with Crippen molar-refractivity contribution in [3.63, 3.8) is 0 Å². The van der Waals surface area contributed by atoms with E-state index in [0.29, 0.717) is 30.5 Å². The summed E-state index contributed by atoms with van der Waals surface area (Å²) in [5.74, 6) is -0.889. The largest absolute Gasteiger partial charge is 0.478 e. The molecular formula is C13H17FO4S. The van der Waals surface area contributed by atoms with Gasteiger partial charge in [-0.15, -0.1) is 11.8 Å². The van der Waals surface area contributed by atoms with E-state index in [0.717, 1.165) is 6.42 Å². The molecule has 0 atom stereocenters. The number of halogens is 1. The highest BCUT2D eigenvalue weighted by Crippen LogP contribution is 2.23. The predicted octanol–water partition coefficient (Wildman–Crippen LogP) is 2.67. The molecule has 1 aromatic rings. The fourth-order valence-electron chi connectivity index (χ4n) is 1.36. The topological polar surface area (TPSA) is 55.8 Å². The number of carboxylic acids is 1. The Kier molecular flexibility index (Phi) is 7.47. The van der Waals surface area contributed by atoms with Crippen molar-refractivity contribution in [1.82, 2.24) is 0 Å². The number of aromatic carboxylic acids is 1. The molecule has 0 saturated heterocycles. The first-order chi connectivity index (χ1) is 9.15. The van der Waals surface area contributed by atoms with Crippen molar-refractivity contribution in [2.75, 3.05) is 32.7 Å². The second-order valence-electron chi connectivity index (χ2n) is 3.76. The summed E-state index contributed by atoms with van der Waals surface area (Å²) in [7, 11) is 1.63. The summed E-state index contributed by atoms with van der Waals surface area (Å²) in [6.45, 7) is 1.75. The van der Waals surface area contributed by atoms with Gasteiger partial charge >= 0.3 is 5.97 Å². The molecule has 0 aliphatic rings. The first-order valence-corrected chi connectivity index (χ1v) is 6.86. The van der Waals surface area contributed by atoms with Gasteiger partial charge in [0, 0.05) is 31.0 Å². The highest BCUT2D eigenvalue weighted by Gasteiger charge is 2.08. The third-order valence-corrected chi connectivity index (χ3v) is 3.30. The molecule has 0 saturated carbocycles. The molecule has 106 valence electrons. The molecule has 0 spiro atoms. The normalized spacial score (nSPS) is 10.6. The Morgan fingerprint density at radius 3 is 2.84 bits per heavy atom. The monoisotopic (exact) mass is 288 g/mol. The molecule has 0 amide bonds. The van der Waals surface area contributed by atoms with Crippen LogP contribution in [0.25, 0.3) is 0 Å². The molecule has 0 unspecified atom stereocenters. The zero-order valence-corrected chi connectivity index (χ0v) is 11.5. The number of thioether (sulfide) groups is 1. The average molecular weight is 288 g/mol. The minimum Gasteiger partial charge on any atom is -0.478 e. The molecule has 1 aromatic carbocycles. The van der Waals surface area contributed by atoms with Crippen LogP contribution in [0, 0.1) is 5.82 Å². The third kappa shape index (κ3) is 6.04. The Hall–Kier alpha value is -1.11. The Morgan fingerprint density at radius 1 is 1.37 bits per heavy atom. The molecule has 0 heterocycles. The Labute approximate surface area is 115 Å². The van der Waals surface area contributed by atoms with E-state index in [1.807, 2.05) is 0 Å². The van der Waals surface area contributed by atoms with Gasteiger partial charge in [-0.25, -0.2) is 9.18 Å². The van der Waals surface area contributed by atoms with Crippen molar-refractivity contribution in [3.8, 4) is 0 Å². The fourth-order valence-corrected chi connectivity index (χ4v) is 2.20. The van der Waals surface area contributed by atoms with Gasteiger partial charge in [-0.2, -0.15) is 0 Å². The van der Waals surface area contributed by atoms with Crippen LogP contribution in [-0.4, -0.2) is 43.8 Å². The number of hydrogen-bond donors (Lipinski definition) is 1. The van der Waals surface area contributed by atoms with Crippen LogP contribution in [-0.2, 0) is 9.47 Å². The van der Waals surface area contributed by atoms with Crippen LogP contribution in [0.1, 0.15) is 16.8 Å². The van der Waals surface area contributed by atoms with Gasteiger partial charge in [0.1, 0.15) is 5.82 Å². The first-order valence-electron chi connectivity index (χ1n) is 5.87. The van der Waals surface area contributed by atoms with Crippen molar-refractivity contribution in [2.45, 2.75) is 11.3 Å². The summed E-state index contributed by atoms with van der Waals surface area (Å²) in [5, 5.41) is 8.82. The molecular weight excluding hydrogens is 271 g/mol. The molecule has 0 aliphatic heterocycles. The maximum absolute atomic E-state index is 13.4. The summed E-state index contributed by atoms with van der Waals surface area (Å²) < 4.78 is 23.7. The second-order valence-corrected chi connectivity index (χ2v) is 4.89. The van der Waals surface area contributed by atoms with E-state index in [1.54, 1.807) is 7.11 Å². The summed E-state index contributed by atoms with van der Waals surface area (Å²) in [6.07, 6.45) is 0.823. The molecule has 0 radical (unpaired) electrons. The van der Waals surface area contributed by atoms with Crippen LogP contribution in [0.2, 0.25) is 0 Å². The van der Waals surface area contributed by atoms with Crippen molar-refractivity contribution >= 4 is 17.7 Å². The maximum atomic E-state index is 13.4. The van der Waals surface area contributed by atoms with E-state index in [4.69, 9.17) is 14.6 Å². The zero-order valence-electron chi connectivity index (χ0n) is 10.7. The third-order valence-electron chi connectivity index (χ3n) is 2.30. The lowest BCUT2D eigenvalue weighted by molar-refractivity contribution is 0.0696. The molecule has 4 nitrogen and oxygen atoms in total. The summed E-state index contributed by atoms with van der Waals surface area (Å²) in [6, 6.07) is 3.77. The Morgan fingerprint density at radius 2 is 2.16 bits per heavy atom. The summed E-state index contributed by atoms with van der Waals surface area (Å²) in [5.41, 5.74) is 0.0879. The fraction of sp³-hybridized carbons (Fsp3) is 0.462. The van der Waals surface area contributed by atoms with E-state index >= 15 is 0 Å². The molecule has 1 rings (SSSR count). The number of ether oxygens (including phenoxy) is 2. The van der Waals surface area contributed by atoms with Crippen molar-refractivity contribution in [1.29, 1.82) is 0 Å². The zero-order chi connectivity index (χ0) is 14.1. The smallest absolute Gasteiger partial charge is 0.335 e. The predicted molar refractivity (Wildman–Crippen MR) is 71.4 cm³/mol. The Balaban J connectivity index is 2.32. The molecule has 19 heavy (non-hydrogen) atoms. The van der Waals surface area contributed by atoms with E-state index in [9.17, 15) is 9.18 Å². The van der Waals surface area contributed by atoms with Gasteiger partial charge in [0.25, 0.3) is 0 Å². The van der Waals surface area contributed by atoms with Crippen LogP contribution in [0.5, 0.6) is 0 Å². The maximum Gasteiger partial charge on any atom is 0.335 e. The van der Waals surface area contributed by atoms with Gasteiger partial charge in [0.15, 0.2) is 0 Å². The highest BCUT2D eigenvalue weighted by molar-refractivity contribution is 7.99. The molecule has 1 N–H and O–H groups in total. The minimum atomic E-state index is -1.06. The number of rotatable bonds is 9.